The van der Waals surface area contributed by atoms with Gasteiger partial charge in [-0.05, 0) is 30.3 Å². The Balaban J connectivity index is 1.43. The average Bonchev–Trinajstić information content (AvgIpc) is 3.01. The molecule has 2 aromatic carbocycles. The van der Waals surface area contributed by atoms with E-state index < -0.39 is 11.9 Å². The number of aromatic nitrogens is 1. The molecule has 1 N–H and O–H groups in total. The summed E-state index contributed by atoms with van der Waals surface area (Å²) in [4.78, 5) is 27.7. The largest absolute Gasteiger partial charge is 0.455 e. The Morgan fingerprint density at radius 3 is 2.84 bits per heavy atom. The minimum absolute atomic E-state index is 0.00271. The van der Waals surface area contributed by atoms with Crippen molar-refractivity contribution in [2.45, 2.75) is 5.22 Å². The number of esters is 1. The summed E-state index contributed by atoms with van der Waals surface area (Å²) in [5.41, 5.74) is 1.91. The van der Waals surface area contributed by atoms with Crippen LogP contribution in [0, 0.1) is 0 Å². The number of hydrogen-bond donors (Lipinski definition) is 1. The first-order valence-corrected chi connectivity index (χ1v) is 8.66. The van der Waals surface area contributed by atoms with Gasteiger partial charge < -0.3 is 14.5 Å². The quantitative estimate of drug-likeness (QED) is 0.521. The fourth-order valence-electron chi connectivity index (χ4n) is 1.98. The van der Waals surface area contributed by atoms with Crippen LogP contribution in [0.15, 0.2) is 58.2 Å². The minimum Gasteiger partial charge on any atom is -0.455 e. The molecule has 1 heterocycles. The molecule has 0 aliphatic carbocycles. The first-order chi connectivity index (χ1) is 12.1. The number of nitrogens with one attached hydrogen (secondary N) is 1. The van der Waals surface area contributed by atoms with Crippen molar-refractivity contribution in [3.05, 3.63) is 53.6 Å². The van der Waals surface area contributed by atoms with Crippen LogP contribution in [0.5, 0.6) is 0 Å². The molecule has 0 aliphatic heterocycles. The van der Waals surface area contributed by atoms with Gasteiger partial charge in [0.2, 0.25) is 0 Å². The fourth-order valence-corrected chi connectivity index (χ4v) is 2.81. The number of carbonyl (C=O) groups excluding carboxylic acids is 2. The van der Waals surface area contributed by atoms with Crippen LogP contribution in [-0.2, 0) is 14.3 Å². The lowest BCUT2D eigenvalue weighted by Crippen LogP contribution is -2.21. The van der Waals surface area contributed by atoms with Gasteiger partial charge in [0.25, 0.3) is 11.1 Å². The summed E-state index contributed by atoms with van der Waals surface area (Å²) in [5, 5.41) is 3.47. The van der Waals surface area contributed by atoms with Crippen molar-refractivity contribution in [3.63, 3.8) is 0 Å². The van der Waals surface area contributed by atoms with Crippen molar-refractivity contribution in [1.82, 2.24) is 4.98 Å². The molecule has 25 heavy (non-hydrogen) atoms. The number of halogens is 1. The molecule has 1 aromatic heterocycles. The van der Waals surface area contributed by atoms with Crippen LogP contribution >= 0.6 is 23.4 Å². The average molecular weight is 377 g/mol. The van der Waals surface area contributed by atoms with Gasteiger partial charge >= 0.3 is 5.97 Å². The molecule has 0 unspecified atom stereocenters. The van der Waals surface area contributed by atoms with E-state index in [0.29, 0.717) is 21.5 Å². The summed E-state index contributed by atoms with van der Waals surface area (Å²) in [6.45, 7) is -0.376. The van der Waals surface area contributed by atoms with E-state index in [1.54, 1.807) is 30.3 Å². The van der Waals surface area contributed by atoms with E-state index in [4.69, 9.17) is 20.8 Å². The molecule has 3 rings (SSSR count). The smallest absolute Gasteiger partial charge is 0.316 e. The normalized spacial score (nSPS) is 10.6. The van der Waals surface area contributed by atoms with Gasteiger partial charge in [-0.25, -0.2) is 4.98 Å². The molecule has 0 spiro atoms. The maximum atomic E-state index is 11.8. The van der Waals surface area contributed by atoms with Crippen molar-refractivity contribution in [3.8, 4) is 0 Å². The molecule has 1 amide bonds. The third-order valence-corrected chi connectivity index (χ3v) is 4.10. The summed E-state index contributed by atoms with van der Waals surface area (Å²) >= 11 is 6.94. The second-order valence-electron chi connectivity index (χ2n) is 4.96. The number of thioether (sulfide) groups is 1. The number of hydrogen-bond acceptors (Lipinski definition) is 6. The van der Waals surface area contributed by atoms with Crippen molar-refractivity contribution >= 4 is 52.0 Å². The molecule has 3 aromatic rings. The zero-order valence-corrected chi connectivity index (χ0v) is 14.5. The number of ether oxygens (including phenoxy) is 1. The van der Waals surface area contributed by atoms with Crippen LogP contribution in [0.4, 0.5) is 5.69 Å². The summed E-state index contributed by atoms with van der Waals surface area (Å²) in [5.74, 6) is -0.979. The third-order valence-electron chi connectivity index (χ3n) is 3.06. The van der Waals surface area contributed by atoms with Crippen LogP contribution in [-0.4, -0.2) is 29.2 Å². The molecule has 0 bridgehead atoms. The molecule has 0 aliphatic rings. The van der Waals surface area contributed by atoms with Crippen LogP contribution in [0.1, 0.15) is 0 Å². The Hall–Kier alpha value is -2.51. The first-order valence-electron chi connectivity index (χ1n) is 7.29. The fraction of sp³-hybridized carbons (Fsp3) is 0.118. The molecule has 0 saturated carbocycles. The number of rotatable bonds is 6. The van der Waals surface area contributed by atoms with Crippen LogP contribution < -0.4 is 5.32 Å². The molecule has 6 nitrogen and oxygen atoms in total. The Kier molecular flexibility index (Phi) is 5.57. The van der Waals surface area contributed by atoms with Crippen LogP contribution in [0.25, 0.3) is 11.1 Å². The lowest BCUT2D eigenvalue weighted by atomic mass is 10.3. The van der Waals surface area contributed by atoms with E-state index in [0.717, 1.165) is 17.3 Å². The van der Waals surface area contributed by atoms with Gasteiger partial charge in [-0.1, -0.05) is 41.6 Å². The number of amides is 1. The van der Waals surface area contributed by atoms with Crippen molar-refractivity contribution in [2.24, 2.45) is 0 Å². The van der Waals surface area contributed by atoms with Gasteiger partial charge in [0.05, 0.1) is 0 Å². The van der Waals surface area contributed by atoms with E-state index in [2.05, 4.69) is 10.3 Å². The molecule has 8 heteroatoms. The number of oxazole rings is 1. The van der Waals surface area contributed by atoms with E-state index in [1.807, 2.05) is 18.2 Å². The molecular weight excluding hydrogens is 364 g/mol. The second-order valence-corrected chi connectivity index (χ2v) is 6.32. The van der Waals surface area contributed by atoms with Crippen molar-refractivity contribution in [2.75, 3.05) is 17.7 Å². The predicted octanol–water partition coefficient (Wildman–Crippen LogP) is 3.76. The van der Waals surface area contributed by atoms with Gasteiger partial charge in [-0.2, -0.15) is 0 Å². The Morgan fingerprint density at radius 2 is 2.04 bits per heavy atom. The second kappa shape index (κ2) is 8.04. The van der Waals surface area contributed by atoms with Gasteiger partial charge in [-0.3, -0.25) is 9.59 Å². The standard InChI is InChI=1S/C17H13ClN2O4S/c18-11-4-3-5-12(8-11)19-15(21)9-23-16(22)10-25-17-20-13-6-1-2-7-14(13)24-17/h1-8H,9-10H2,(H,19,21). The highest BCUT2D eigenvalue weighted by molar-refractivity contribution is 7.99. The maximum absolute atomic E-state index is 11.8. The predicted molar refractivity (Wildman–Crippen MR) is 95.8 cm³/mol. The summed E-state index contributed by atoms with van der Waals surface area (Å²) in [6.07, 6.45) is 0. The number of fused-ring (bicyclic) bond motifs is 1. The molecule has 0 saturated heterocycles. The van der Waals surface area contributed by atoms with Gasteiger partial charge in [0.15, 0.2) is 12.2 Å². The maximum Gasteiger partial charge on any atom is 0.316 e. The van der Waals surface area contributed by atoms with E-state index in [9.17, 15) is 9.59 Å². The minimum atomic E-state index is -0.534. The topological polar surface area (TPSA) is 81.4 Å². The van der Waals surface area contributed by atoms with Gasteiger partial charge in [0, 0.05) is 10.7 Å². The number of carbonyl (C=O) groups is 2. The zero-order chi connectivity index (χ0) is 17.6. The number of nitrogens with zero attached hydrogens (tertiary/aromatic N) is 1. The van der Waals surface area contributed by atoms with E-state index in [1.165, 1.54) is 0 Å². The van der Waals surface area contributed by atoms with Crippen LogP contribution in [0.3, 0.4) is 0 Å². The highest BCUT2D eigenvalue weighted by atomic mass is 35.5. The molecule has 0 fully saturated rings. The lowest BCUT2D eigenvalue weighted by Gasteiger charge is -2.06. The van der Waals surface area contributed by atoms with Gasteiger partial charge in [0.1, 0.15) is 11.3 Å². The number of benzene rings is 2. The zero-order valence-electron chi connectivity index (χ0n) is 12.9. The summed E-state index contributed by atoms with van der Waals surface area (Å²) in [6, 6.07) is 14.0. The SMILES string of the molecule is O=C(COC(=O)CSc1nc2ccccc2o1)Nc1cccc(Cl)c1. The van der Waals surface area contributed by atoms with Crippen LogP contribution in [0.2, 0.25) is 5.02 Å². The molecule has 0 radical (unpaired) electrons. The number of para-hydroxylation sites is 2. The Morgan fingerprint density at radius 1 is 1.20 bits per heavy atom. The van der Waals surface area contributed by atoms with Gasteiger partial charge in [-0.15, -0.1) is 0 Å². The number of anilines is 1. The molecule has 128 valence electrons. The lowest BCUT2D eigenvalue weighted by molar-refractivity contribution is -0.144. The monoisotopic (exact) mass is 376 g/mol. The highest BCUT2D eigenvalue weighted by Gasteiger charge is 2.12. The Bertz CT molecular complexity index is 879. The molecule has 0 atom stereocenters. The highest BCUT2D eigenvalue weighted by Crippen LogP contribution is 2.23. The third kappa shape index (κ3) is 4.98. The van der Waals surface area contributed by atoms with E-state index >= 15 is 0 Å². The van der Waals surface area contributed by atoms with E-state index in [-0.39, 0.29) is 12.4 Å². The summed E-state index contributed by atoms with van der Waals surface area (Å²) in [7, 11) is 0. The first kappa shape index (κ1) is 17.3. The van der Waals surface area contributed by atoms with Crippen molar-refractivity contribution < 1.29 is 18.7 Å². The van der Waals surface area contributed by atoms with Crippen molar-refractivity contribution in [1.29, 1.82) is 0 Å². The summed E-state index contributed by atoms with van der Waals surface area (Å²) < 4.78 is 10.4. The Labute approximate surface area is 152 Å². The molecular formula is C17H13ClN2O4S.